The summed E-state index contributed by atoms with van der Waals surface area (Å²) in [4.78, 5) is 10.7. The van der Waals surface area contributed by atoms with Gasteiger partial charge in [-0.2, -0.15) is 18.3 Å². The third-order valence-electron chi connectivity index (χ3n) is 2.46. The van der Waals surface area contributed by atoms with E-state index in [-0.39, 0.29) is 19.0 Å². The van der Waals surface area contributed by atoms with Crippen LogP contribution in [0.2, 0.25) is 0 Å². The normalized spacial score (nSPS) is 13.3. The molecule has 1 amide bonds. The fourth-order valence-electron chi connectivity index (χ4n) is 1.65. The van der Waals surface area contributed by atoms with Crippen LogP contribution >= 0.6 is 0 Å². The van der Waals surface area contributed by atoms with Crippen molar-refractivity contribution in [3.8, 4) is 0 Å². The van der Waals surface area contributed by atoms with Crippen molar-refractivity contribution in [1.82, 2.24) is 9.78 Å². The van der Waals surface area contributed by atoms with Crippen LogP contribution in [-0.4, -0.2) is 27.9 Å². The molecule has 1 aromatic rings. The van der Waals surface area contributed by atoms with Gasteiger partial charge < -0.3 is 11.1 Å². The number of nitrogens with one attached hydrogen (secondary N) is 1. The Morgan fingerprint density at radius 2 is 2.26 bits per heavy atom. The van der Waals surface area contributed by atoms with Crippen LogP contribution in [0.5, 0.6) is 0 Å². The zero-order chi connectivity index (χ0) is 14.5. The van der Waals surface area contributed by atoms with Crippen LogP contribution in [0, 0.1) is 0 Å². The summed E-state index contributed by atoms with van der Waals surface area (Å²) in [6.07, 6.45) is -1.31. The SMILES string of the molecule is CC(CCCC(F)(F)F)Nc1cnn(CC(N)=O)c1. The van der Waals surface area contributed by atoms with Crippen molar-refractivity contribution < 1.29 is 18.0 Å². The molecule has 8 heteroatoms. The van der Waals surface area contributed by atoms with Gasteiger partial charge in [0.25, 0.3) is 0 Å². The van der Waals surface area contributed by atoms with Gasteiger partial charge >= 0.3 is 6.18 Å². The second-order valence-electron chi connectivity index (χ2n) is 4.45. The Bertz CT molecular complexity index is 416. The molecule has 1 unspecified atom stereocenters. The average Bonchev–Trinajstić information content (AvgIpc) is 2.62. The van der Waals surface area contributed by atoms with Gasteiger partial charge in [0.15, 0.2) is 0 Å². The van der Waals surface area contributed by atoms with Gasteiger partial charge in [-0.25, -0.2) is 0 Å². The first-order valence-electron chi connectivity index (χ1n) is 5.90. The van der Waals surface area contributed by atoms with Gasteiger partial charge in [-0.3, -0.25) is 9.48 Å². The van der Waals surface area contributed by atoms with E-state index in [1.165, 1.54) is 10.9 Å². The minimum absolute atomic E-state index is 0.0237. The predicted octanol–water partition coefficient (Wildman–Crippen LogP) is 1.90. The zero-order valence-corrected chi connectivity index (χ0v) is 10.6. The number of hydrogen-bond acceptors (Lipinski definition) is 3. The average molecular weight is 278 g/mol. The van der Waals surface area contributed by atoms with E-state index in [9.17, 15) is 18.0 Å². The summed E-state index contributed by atoms with van der Waals surface area (Å²) >= 11 is 0. The third-order valence-corrected chi connectivity index (χ3v) is 2.46. The number of anilines is 1. The summed E-state index contributed by atoms with van der Waals surface area (Å²) < 4.78 is 37.3. The molecule has 5 nitrogen and oxygen atoms in total. The van der Waals surface area contributed by atoms with Gasteiger partial charge in [-0.15, -0.1) is 0 Å². The van der Waals surface area contributed by atoms with Crippen LogP contribution in [-0.2, 0) is 11.3 Å². The third kappa shape index (κ3) is 6.68. The molecule has 0 spiro atoms. The molecule has 1 atom stereocenters. The lowest BCUT2D eigenvalue weighted by atomic mass is 10.1. The Morgan fingerprint density at radius 3 is 2.84 bits per heavy atom. The molecule has 0 radical (unpaired) electrons. The van der Waals surface area contributed by atoms with Crippen LogP contribution in [0.1, 0.15) is 26.2 Å². The number of carbonyl (C=O) groups excluding carboxylic acids is 1. The molecule has 19 heavy (non-hydrogen) atoms. The number of rotatable bonds is 7. The van der Waals surface area contributed by atoms with E-state index in [1.807, 2.05) is 0 Å². The Balaban J connectivity index is 2.33. The Kier molecular flexibility index (Phi) is 5.20. The van der Waals surface area contributed by atoms with E-state index >= 15 is 0 Å². The summed E-state index contributed by atoms with van der Waals surface area (Å²) in [5.41, 5.74) is 5.67. The van der Waals surface area contributed by atoms with Crippen molar-refractivity contribution >= 4 is 11.6 Å². The Labute approximate surface area is 109 Å². The number of hydrogen-bond donors (Lipinski definition) is 2. The van der Waals surface area contributed by atoms with E-state index in [0.717, 1.165) is 0 Å². The molecule has 0 aromatic carbocycles. The molecule has 1 heterocycles. The van der Waals surface area contributed by atoms with E-state index < -0.39 is 18.5 Å². The first-order chi connectivity index (χ1) is 8.76. The highest BCUT2D eigenvalue weighted by Crippen LogP contribution is 2.23. The van der Waals surface area contributed by atoms with Gasteiger partial charge in [-0.1, -0.05) is 0 Å². The number of carbonyl (C=O) groups is 1. The number of halogens is 3. The lowest BCUT2D eigenvalue weighted by Crippen LogP contribution is -2.19. The van der Waals surface area contributed by atoms with Gasteiger partial charge in [0.2, 0.25) is 5.91 Å². The maximum absolute atomic E-state index is 12.0. The van der Waals surface area contributed by atoms with Crippen molar-refractivity contribution in [3.05, 3.63) is 12.4 Å². The van der Waals surface area contributed by atoms with Crippen LogP contribution < -0.4 is 11.1 Å². The van der Waals surface area contributed by atoms with E-state index in [1.54, 1.807) is 13.1 Å². The molecule has 0 aliphatic carbocycles. The molecule has 0 fully saturated rings. The maximum atomic E-state index is 12.0. The summed E-state index contributed by atoms with van der Waals surface area (Å²) in [6, 6.07) is -0.103. The summed E-state index contributed by atoms with van der Waals surface area (Å²) in [6.45, 7) is 1.77. The Hall–Kier alpha value is -1.73. The van der Waals surface area contributed by atoms with E-state index in [2.05, 4.69) is 10.4 Å². The Morgan fingerprint density at radius 1 is 1.58 bits per heavy atom. The molecule has 3 N–H and O–H groups in total. The molecule has 1 aromatic heterocycles. The number of nitrogens with two attached hydrogens (primary N) is 1. The lowest BCUT2D eigenvalue weighted by Gasteiger charge is -2.14. The summed E-state index contributed by atoms with van der Waals surface area (Å²) in [5.74, 6) is -0.507. The second-order valence-corrected chi connectivity index (χ2v) is 4.45. The highest BCUT2D eigenvalue weighted by Gasteiger charge is 2.26. The van der Waals surface area contributed by atoms with Gasteiger partial charge in [0, 0.05) is 18.7 Å². The topological polar surface area (TPSA) is 72.9 Å². The first kappa shape index (κ1) is 15.3. The number of nitrogens with zero attached hydrogens (tertiary/aromatic N) is 2. The smallest absolute Gasteiger partial charge is 0.380 e. The van der Waals surface area contributed by atoms with Crippen molar-refractivity contribution in [1.29, 1.82) is 0 Å². The van der Waals surface area contributed by atoms with Gasteiger partial charge in [-0.05, 0) is 19.8 Å². The molecule has 0 aliphatic rings. The van der Waals surface area contributed by atoms with E-state index in [4.69, 9.17) is 5.73 Å². The molecular formula is C11H17F3N4O. The van der Waals surface area contributed by atoms with Gasteiger partial charge in [0.1, 0.15) is 6.54 Å². The van der Waals surface area contributed by atoms with Crippen LogP contribution in [0.3, 0.4) is 0 Å². The van der Waals surface area contributed by atoms with Crippen molar-refractivity contribution in [2.75, 3.05) is 5.32 Å². The zero-order valence-electron chi connectivity index (χ0n) is 10.6. The monoisotopic (exact) mass is 278 g/mol. The first-order valence-corrected chi connectivity index (χ1v) is 5.90. The quantitative estimate of drug-likeness (QED) is 0.800. The number of amides is 1. The largest absolute Gasteiger partial charge is 0.389 e. The van der Waals surface area contributed by atoms with Crippen LogP contribution in [0.25, 0.3) is 0 Å². The number of alkyl halides is 3. The van der Waals surface area contributed by atoms with Crippen LogP contribution in [0.4, 0.5) is 18.9 Å². The van der Waals surface area contributed by atoms with E-state index in [0.29, 0.717) is 12.1 Å². The fourth-order valence-corrected chi connectivity index (χ4v) is 1.65. The summed E-state index contributed by atoms with van der Waals surface area (Å²) in [7, 11) is 0. The molecule has 0 aliphatic heterocycles. The van der Waals surface area contributed by atoms with Gasteiger partial charge in [0.05, 0.1) is 11.9 Å². The minimum atomic E-state index is -4.11. The van der Waals surface area contributed by atoms with Crippen molar-refractivity contribution in [3.63, 3.8) is 0 Å². The fraction of sp³-hybridized carbons (Fsp3) is 0.636. The second kappa shape index (κ2) is 6.44. The highest BCUT2D eigenvalue weighted by atomic mass is 19.4. The highest BCUT2D eigenvalue weighted by molar-refractivity contribution is 5.73. The number of aromatic nitrogens is 2. The summed E-state index contributed by atoms with van der Waals surface area (Å²) in [5, 5.41) is 6.92. The van der Waals surface area contributed by atoms with Crippen molar-refractivity contribution in [2.24, 2.45) is 5.73 Å². The molecule has 1 rings (SSSR count). The molecule has 0 saturated carbocycles. The number of primary amides is 1. The predicted molar refractivity (Wildman–Crippen MR) is 64.4 cm³/mol. The standard InChI is InChI=1S/C11H17F3N4O/c1-8(3-2-4-11(12,13)14)17-9-5-16-18(6-9)7-10(15)19/h5-6,8,17H,2-4,7H2,1H3,(H2,15,19). The molecular weight excluding hydrogens is 261 g/mol. The molecule has 108 valence electrons. The van der Waals surface area contributed by atoms with Crippen LogP contribution in [0.15, 0.2) is 12.4 Å². The lowest BCUT2D eigenvalue weighted by molar-refractivity contribution is -0.135. The molecule has 0 bridgehead atoms. The maximum Gasteiger partial charge on any atom is 0.389 e. The van der Waals surface area contributed by atoms with Crippen molar-refractivity contribution in [2.45, 2.75) is 44.9 Å². The minimum Gasteiger partial charge on any atom is -0.380 e. The molecule has 0 saturated heterocycles.